The second-order valence-electron chi connectivity index (χ2n) is 5.73. The zero-order valence-electron chi connectivity index (χ0n) is 14.9. The van der Waals surface area contributed by atoms with Crippen molar-refractivity contribution in [1.29, 1.82) is 0 Å². The second-order valence-corrected chi connectivity index (χ2v) is 8.81. The number of hydrogen-bond donors (Lipinski definition) is 2. The summed E-state index contributed by atoms with van der Waals surface area (Å²) in [6.07, 6.45) is 0.685. The lowest BCUT2D eigenvalue weighted by atomic mass is 10.3. The predicted molar refractivity (Wildman–Crippen MR) is 115 cm³/mol. The van der Waals surface area contributed by atoms with Crippen LogP contribution in [0.3, 0.4) is 0 Å². The van der Waals surface area contributed by atoms with Crippen molar-refractivity contribution in [3.8, 4) is 10.6 Å². The van der Waals surface area contributed by atoms with Crippen LogP contribution >= 0.6 is 34.4 Å². The first-order valence-electron chi connectivity index (χ1n) is 8.39. The molecule has 0 radical (unpaired) electrons. The maximum absolute atomic E-state index is 12.7. The van der Waals surface area contributed by atoms with Gasteiger partial charge in [0.1, 0.15) is 0 Å². The number of thiophene rings is 1. The van der Waals surface area contributed by atoms with Gasteiger partial charge < -0.3 is 10.6 Å². The summed E-state index contributed by atoms with van der Waals surface area (Å²) in [7, 11) is 0. The minimum absolute atomic E-state index is 0.0699. The summed E-state index contributed by atoms with van der Waals surface area (Å²) in [6, 6.07) is 11.5. The van der Waals surface area contributed by atoms with Crippen LogP contribution in [0.5, 0.6) is 0 Å². The van der Waals surface area contributed by atoms with E-state index in [9.17, 15) is 9.59 Å². The van der Waals surface area contributed by atoms with Crippen molar-refractivity contribution < 1.29 is 9.59 Å². The topological polar surface area (TPSA) is 71.1 Å². The van der Waals surface area contributed by atoms with Gasteiger partial charge in [0.25, 0.3) is 0 Å². The summed E-state index contributed by atoms with van der Waals surface area (Å²) in [5, 5.41) is 10.0. The fourth-order valence-corrected chi connectivity index (χ4v) is 4.88. The van der Waals surface area contributed by atoms with Gasteiger partial charge in [-0.25, -0.2) is 4.98 Å². The summed E-state index contributed by atoms with van der Waals surface area (Å²) in [4.78, 5) is 30.4. The van der Waals surface area contributed by atoms with Gasteiger partial charge in [0.15, 0.2) is 5.13 Å². The number of rotatable bonds is 7. The van der Waals surface area contributed by atoms with E-state index in [4.69, 9.17) is 0 Å². The van der Waals surface area contributed by atoms with E-state index in [1.807, 2.05) is 54.1 Å². The Balaban J connectivity index is 1.65. The highest BCUT2D eigenvalue weighted by Crippen LogP contribution is 2.31. The molecule has 3 aromatic rings. The predicted octanol–water partition coefficient (Wildman–Crippen LogP) is 5.34. The molecule has 2 amide bonds. The van der Waals surface area contributed by atoms with Crippen LogP contribution in [0, 0.1) is 0 Å². The molecule has 3 rings (SSSR count). The van der Waals surface area contributed by atoms with Crippen LogP contribution in [-0.4, -0.2) is 22.0 Å². The first-order chi connectivity index (χ1) is 13.0. The van der Waals surface area contributed by atoms with Crippen molar-refractivity contribution in [2.24, 2.45) is 0 Å². The average Bonchev–Trinajstić information content (AvgIpc) is 3.30. The molecule has 1 aromatic carbocycles. The first kappa shape index (κ1) is 19.6. The first-order valence-corrected chi connectivity index (χ1v) is 11.0. The molecule has 0 bridgehead atoms. The van der Waals surface area contributed by atoms with Crippen LogP contribution in [0.1, 0.15) is 20.3 Å². The van der Waals surface area contributed by atoms with Gasteiger partial charge >= 0.3 is 0 Å². The molecule has 8 heteroatoms. The molecule has 2 N–H and O–H groups in total. The number of aromatic nitrogens is 1. The molecule has 0 aliphatic carbocycles. The van der Waals surface area contributed by atoms with E-state index < -0.39 is 0 Å². The minimum atomic E-state index is -0.244. The molecular weight excluding hydrogens is 398 g/mol. The highest BCUT2D eigenvalue weighted by molar-refractivity contribution is 8.00. The van der Waals surface area contributed by atoms with Crippen LogP contribution in [0.2, 0.25) is 0 Å². The van der Waals surface area contributed by atoms with Gasteiger partial charge in [0.2, 0.25) is 11.8 Å². The zero-order valence-corrected chi connectivity index (χ0v) is 17.3. The highest BCUT2D eigenvalue weighted by atomic mass is 32.2. The highest BCUT2D eigenvalue weighted by Gasteiger charge is 2.19. The Bertz CT molecular complexity index is 922. The van der Waals surface area contributed by atoms with E-state index in [1.54, 1.807) is 11.3 Å². The Hall–Kier alpha value is -2.16. The van der Waals surface area contributed by atoms with Crippen molar-refractivity contribution in [2.45, 2.75) is 30.4 Å². The molecule has 0 aliphatic rings. The Morgan fingerprint density at radius 3 is 2.74 bits per heavy atom. The van der Waals surface area contributed by atoms with E-state index in [0.717, 1.165) is 21.2 Å². The molecule has 0 aliphatic heterocycles. The summed E-state index contributed by atoms with van der Waals surface area (Å²) in [5.41, 5.74) is 1.61. The largest absolute Gasteiger partial charge is 0.326 e. The van der Waals surface area contributed by atoms with Crippen LogP contribution in [-0.2, 0) is 9.59 Å². The van der Waals surface area contributed by atoms with Crippen molar-refractivity contribution in [3.05, 3.63) is 47.2 Å². The van der Waals surface area contributed by atoms with E-state index in [2.05, 4.69) is 15.6 Å². The Morgan fingerprint density at radius 1 is 1.19 bits per heavy atom. The van der Waals surface area contributed by atoms with Crippen LogP contribution in [0.25, 0.3) is 10.6 Å². The number of thioether (sulfide) groups is 1. The number of anilines is 2. The number of carbonyl (C=O) groups is 2. The Morgan fingerprint density at radius 2 is 2.04 bits per heavy atom. The molecule has 0 fully saturated rings. The number of carbonyl (C=O) groups excluding carboxylic acids is 2. The number of amides is 2. The molecule has 140 valence electrons. The lowest BCUT2D eigenvalue weighted by Gasteiger charge is -2.14. The average molecular weight is 418 g/mol. The van der Waals surface area contributed by atoms with E-state index >= 15 is 0 Å². The number of nitrogens with zero attached hydrogens (tertiary/aromatic N) is 1. The van der Waals surface area contributed by atoms with Gasteiger partial charge in [0.05, 0.1) is 15.8 Å². The van der Waals surface area contributed by atoms with Gasteiger partial charge in [-0.15, -0.1) is 34.4 Å². The van der Waals surface area contributed by atoms with Crippen molar-refractivity contribution in [3.63, 3.8) is 0 Å². The summed E-state index contributed by atoms with van der Waals surface area (Å²) < 4.78 is 0. The van der Waals surface area contributed by atoms with E-state index in [-0.39, 0.29) is 17.1 Å². The standard InChI is InChI=1S/C19H19N3O2S3/c1-3-16(27-14-7-4-6-13(10-14)20-12(2)23)18(24)22-19-21-15(11-26-19)17-8-5-9-25-17/h4-11,16H,3H2,1-2H3,(H,20,23)(H,21,22,24). The molecule has 5 nitrogen and oxygen atoms in total. The molecule has 0 saturated heterocycles. The summed E-state index contributed by atoms with van der Waals surface area (Å²) in [5.74, 6) is -0.188. The monoisotopic (exact) mass is 417 g/mol. The number of nitrogens with one attached hydrogen (secondary N) is 2. The lowest BCUT2D eigenvalue weighted by Crippen LogP contribution is -2.24. The van der Waals surface area contributed by atoms with Gasteiger partial charge in [-0.3, -0.25) is 9.59 Å². The third-order valence-corrected chi connectivity index (χ3v) is 6.61. The van der Waals surface area contributed by atoms with Gasteiger partial charge in [-0.2, -0.15) is 0 Å². The van der Waals surface area contributed by atoms with Gasteiger partial charge in [0, 0.05) is 22.9 Å². The van der Waals surface area contributed by atoms with Crippen molar-refractivity contribution in [1.82, 2.24) is 4.98 Å². The second kappa shape index (κ2) is 9.16. The molecule has 1 atom stereocenters. The van der Waals surface area contributed by atoms with Crippen LogP contribution < -0.4 is 10.6 Å². The number of benzene rings is 1. The zero-order chi connectivity index (χ0) is 19.2. The minimum Gasteiger partial charge on any atom is -0.326 e. The maximum atomic E-state index is 12.7. The van der Waals surface area contributed by atoms with Crippen molar-refractivity contribution >= 4 is 57.1 Å². The quantitative estimate of drug-likeness (QED) is 0.509. The number of hydrogen-bond acceptors (Lipinski definition) is 6. The van der Waals surface area contributed by atoms with Crippen LogP contribution in [0.15, 0.2) is 52.1 Å². The smallest absolute Gasteiger partial charge is 0.239 e. The van der Waals surface area contributed by atoms with Crippen molar-refractivity contribution in [2.75, 3.05) is 10.6 Å². The van der Waals surface area contributed by atoms with E-state index in [1.165, 1.54) is 30.0 Å². The Kier molecular flexibility index (Phi) is 6.65. The lowest BCUT2D eigenvalue weighted by molar-refractivity contribution is -0.116. The maximum Gasteiger partial charge on any atom is 0.239 e. The fraction of sp³-hybridized carbons (Fsp3) is 0.211. The van der Waals surface area contributed by atoms with Gasteiger partial charge in [-0.05, 0) is 36.1 Å². The third-order valence-electron chi connectivity index (χ3n) is 3.60. The normalized spacial score (nSPS) is 11.8. The molecule has 0 spiro atoms. The molecule has 0 saturated carbocycles. The third kappa shape index (κ3) is 5.41. The van der Waals surface area contributed by atoms with Gasteiger partial charge in [-0.1, -0.05) is 19.1 Å². The summed E-state index contributed by atoms with van der Waals surface area (Å²) >= 11 is 4.53. The molecule has 2 heterocycles. The molecule has 1 unspecified atom stereocenters. The Labute approximate surface area is 170 Å². The SMILES string of the molecule is CCC(Sc1cccc(NC(C)=O)c1)C(=O)Nc1nc(-c2cccs2)cs1. The van der Waals surface area contributed by atoms with E-state index in [0.29, 0.717) is 11.6 Å². The fourth-order valence-electron chi connectivity index (χ4n) is 2.39. The molecule has 2 aromatic heterocycles. The number of thiazole rings is 1. The van der Waals surface area contributed by atoms with Crippen LogP contribution in [0.4, 0.5) is 10.8 Å². The molecule has 27 heavy (non-hydrogen) atoms. The summed E-state index contributed by atoms with van der Waals surface area (Å²) in [6.45, 7) is 3.45. The molecular formula is C19H19N3O2S3.